The van der Waals surface area contributed by atoms with Crippen LogP contribution in [0, 0.1) is 15.9 Å². The van der Waals surface area contributed by atoms with Crippen LogP contribution in [0.3, 0.4) is 0 Å². The first-order valence-corrected chi connectivity index (χ1v) is 7.59. The molecule has 6 nitrogen and oxygen atoms in total. The summed E-state index contributed by atoms with van der Waals surface area (Å²) >= 11 is 5.99. The number of hydrogen-bond donors (Lipinski definition) is 0. The van der Waals surface area contributed by atoms with E-state index in [1.54, 1.807) is 6.07 Å². The second kappa shape index (κ2) is 6.82. The highest BCUT2D eigenvalue weighted by atomic mass is 35.5. The Balaban J connectivity index is 2.03. The Kier molecular flexibility index (Phi) is 4.58. The number of rotatable bonds is 4. The number of aromatic nitrogens is 2. The number of hydrogen-bond acceptors (Lipinski definition) is 4. The summed E-state index contributed by atoms with van der Waals surface area (Å²) in [4.78, 5) is 22.4. The van der Waals surface area contributed by atoms with Gasteiger partial charge in [0.05, 0.1) is 17.2 Å². The van der Waals surface area contributed by atoms with Crippen LogP contribution in [0.4, 0.5) is 10.1 Å². The van der Waals surface area contributed by atoms with Gasteiger partial charge >= 0.3 is 0 Å². The summed E-state index contributed by atoms with van der Waals surface area (Å²) in [5.41, 5.74) is 0.455. The van der Waals surface area contributed by atoms with Crippen LogP contribution in [0.25, 0.3) is 11.3 Å². The Bertz CT molecular complexity index is 1000. The van der Waals surface area contributed by atoms with Crippen LogP contribution in [-0.4, -0.2) is 14.7 Å². The van der Waals surface area contributed by atoms with Crippen LogP contribution < -0.4 is 5.56 Å². The summed E-state index contributed by atoms with van der Waals surface area (Å²) in [7, 11) is 0. The van der Waals surface area contributed by atoms with E-state index >= 15 is 0 Å². The monoisotopic (exact) mass is 359 g/mol. The molecule has 3 aromatic rings. The van der Waals surface area contributed by atoms with Crippen LogP contribution in [0.5, 0.6) is 0 Å². The predicted molar refractivity (Wildman–Crippen MR) is 91.1 cm³/mol. The summed E-state index contributed by atoms with van der Waals surface area (Å²) in [6.45, 7) is -0.146. The van der Waals surface area contributed by atoms with Gasteiger partial charge in [-0.05, 0) is 18.2 Å². The zero-order valence-corrected chi connectivity index (χ0v) is 13.5. The van der Waals surface area contributed by atoms with Crippen LogP contribution in [0.1, 0.15) is 5.56 Å². The van der Waals surface area contributed by atoms with Crippen molar-refractivity contribution in [1.29, 1.82) is 0 Å². The molecule has 0 radical (unpaired) electrons. The van der Waals surface area contributed by atoms with Crippen molar-refractivity contribution in [3.63, 3.8) is 0 Å². The van der Waals surface area contributed by atoms with Gasteiger partial charge in [0, 0.05) is 34.3 Å². The van der Waals surface area contributed by atoms with Gasteiger partial charge in [-0.15, -0.1) is 0 Å². The van der Waals surface area contributed by atoms with Crippen molar-refractivity contribution in [3.8, 4) is 11.3 Å². The lowest BCUT2D eigenvalue weighted by Crippen LogP contribution is -2.23. The molecule has 0 saturated carbocycles. The molecular weight excluding hydrogens is 349 g/mol. The lowest BCUT2D eigenvalue weighted by Gasteiger charge is -2.09. The van der Waals surface area contributed by atoms with E-state index in [0.29, 0.717) is 11.3 Å². The molecule has 0 fully saturated rings. The molecular formula is C17H11ClFN3O3. The minimum absolute atomic E-state index is 0.0887. The first-order valence-electron chi connectivity index (χ1n) is 7.21. The highest BCUT2D eigenvalue weighted by Crippen LogP contribution is 2.22. The smallest absolute Gasteiger partial charge is 0.268 e. The van der Waals surface area contributed by atoms with E-state index in [-0.39, 0.29) is 22.8 Å². The number of benzene rings is 2. The van der Waals surface area contributed by atoms with E-state index in [0.717, 1.165) is 4.68 Å². The topological polar surface area (TPSA) is 78.0 Å². The number of halogens is 2. The van der Waals surface area contributed by atoms with Gasteiger partial charge in [0.15, 0.2) is 0 Å². The van der Waals surface area contributed by atoms with E-state index in [2.05, 4.69) is 5.10 Å². The van der Waals surface area contributed by atoms with Crippen LogP contribution in [0.15, 0.2) is 59.4 Å². The summed E-state index contributed by atoms with van der Waals surface area (Å²) in [6, 6.07) is 12.9. The standard InChI is InChI=1S/C17H11ClFN3O3/c18-14-5-2-6-15(19)13(14)10-21-17(23)8-7-16(20-21)11-3-1-4-12(9-11)22(24)25/h1-9H,10H2. The van der Waals surface area contributed by atoms with E-state index < -0.39 is 16.3 Å². The van der Waals surface area contributed by atoms with Crippen molar-refractivity contribution in [1.82, 2.24) is 9.78 Å². The Morgan fingerprint density at radius 3 is 2.64 bits per heavy atom. The SMILES string of the molecule is O=c1ccc(-c2cccc([N+](=O)[O-])c2)nn1Cc1c(F)cccc1Cl. The lowest BCUT2D eigenvalue weighted by molar-refractivity contribution is -0.384. The van der Waals surface area contributed by atoms with Gasteiger partial charge < -0.3 is 0 Å². The van der Waals surface area contributed by atoms with E-state index in [1.807, 2.05) is 0 Å². The third-order valence-electron chi connectivity index (χ3n) is 3.59. The number of non-ortho nitro benzene ring substituents is 1. The molecule has 1 heterocycles. The maximum Gasteiger partial charge on any atom is 0.270 e. The van der Waals surface area contributed by atoms with Gasteiger partial charge in [-0.1, -0.05) is 29.8 Å². The van der Waals surface area contributed by atoms with E-state index in [4.69, 9.17) is 11.6 Å². The van der Waals surface area contributed by atoms with Crippen molar-refractivity contribution in [2.75, 3.05) is 0 Å². The maximum atomic E-state index is 13.9. The van der Waals surface area contributed by atoms with E-state index in [1.165, 1.54) is 48.5 Å². The van der Waals surface area contributed by atoms with Crippen LogP contribution >= 0.6 is 11.6 Å². The largest absolute Gasteiger partial charge is 0.270 e. The lowest BCUT2D eigenvalue weighted by atomic mass is 10.1. The van der Waals surface area contributed by atoms with Crippen LogP contribution in [0.2, 0.25) is 5.02 Å². The fourth-order valence-corrected chi connectivity index (χ4v) is 2.55. The molecule has 0 spiro atoms. The Labute approximate surface area is 146 Å². The molecule has 3 rings (SSSR count). The molecule has 0 saturated heterocycles. The molecule has 0 N–H and O–H groups in total. The number of nitrogens with zero attached hydrogens (tertiary/aromatic N) is 3. The van der Waals surface area contributed by atoms with Gasteiger partial charge in [0.2, 0.25) is 0 Å². The van der Waals surface area contributed by atoms with E-state index in [9.17, 15) is 19.3 Å². The second-order valence-electron chi connectivity index (χ2n) is 5.22. The third kappa shape index (κ3) is 3.56. The molecule has 0 aliphatic carbocycles. The van der Waals surface area contributed by atoms with Crippen molar-refractivity contribution < 1.29 is 9.31 Å². The van der Waals surface area contributed by atoms with Gasteiger partial charge in [0.1, 0.15) is 5.82 Å². The first kappa shape index (κ1) is 16.8. The summed E-state index contributed by atoms with van der Waals surface area (Å²) in [5, 5.41) is 15.3. The second-order valence-corrected chi connectivity index (χ2v) is 5.63. The van der Waals surface area contributed by atoms with Gasteiger partial charge in [-0.3, -0.25) is 14.9 Å². The molecule has 2 aromatic carbocycles. The van der Waals surface area contributed by atoms with Crippen molar-refractivity contribution in [2.45, 2.75) is 6.54 Å². The molecule has 126 valence electrons. The fourth-order valence-electron chi connectivity index (χ4n) is 2.33. The Morgan fingerprint density at radius 2 is 1.92 bits per heavy atom. The summed E-state index contributed by atoms with van der Waals surface area (Å²) < 4.78 is 15.0. The Morgan fingerprint density at radius 1 is 1.16 bits per heavy atom. The van der Waals surface area contributed by atoms with Crippen molar-refractivity contribution in [3.05, 3.63) is 91.5 Å². The molecule has 0 aliphatic rings. The Hall–Kier alpha value is -3.06. The van der Waals surface area contributed by atoms with Crippen molar-refractivity contribution in [2.24, 2.45) is 0 Å². The van der Waals surface area contributed by atoms with Gasteiger partial charge in [0.25, 0.3) is 11.2 Å². The average Bonchev–Trinajstić information content (AvgIpc) is 2.60. The first-order chi connectivity index (χ1) is 12.0. The molecule has 0 amide bonds. The zero-order chi connectivity index (χ0) is 18.0. The van der Waals surface area contributed by atoms with Gasteiger partial charge in [-0.25, -0.2) is 9.07 Å². The summed E-state index contributed by atoms with van der Waals surface area (Å²) in [6.07, 6.45) is 0. The molecule has 8 heteroatoms. The molecule has 0 unspecified atom stereocenters. The predicted octanol–water partition coefficient (Wildman–Crippen LogP) is 3.66. The molecule has 0 atom stereocenters. The minimum atomic E-state index is -0.540. The maximum absolute atomic E-state index is 13.9. The molecule has 25 heavy (non-hydrogen) atoms. The highest BCUT2D eigenvalue weighted by molar-refractivity contribution is 6.31. The third-order valence-corrected chi connectivity index (χ3v) is 3.94. The minimum Gasteiger partial charge on any atom is -0.268 e. The summed E-state index contributed by atoms with van der Waals surface area (Å²) in [5.74, 6) is -0.540. The molecule has 0 bridgehead atoms. The quantitative estimate of drug-likeness (QED) is 0.526. The van der Waals surface area contributed by atoms with Gasteiger partial charge in [-0.2, -0.15) is 5.10 Å². The van der Waals surface area contributed by atoms with Crippen molar-refractivity contribution >= 4 is 17.3 Å². The zero-order valence-electron chi connectivity index (χ0n) is 12.7. The van der Waals surface area contributed by atoms with Crippen LogP contribution in [-0.2, 0) is 6.54 Å². The normalized spacial score (nSPS) is 10.6. The molecule has 1 aromatic heterocycles. The highest BCUT2D eigenvalue weighted by Gasteiger charge is 2.12. The molecule has 0 aliphatic heterocycles. The average molecular weight is 360 g/mol. The fraction of sp³-hybridized carbons (Fsp3) is 0.0588. The number of nitro benzene ring substituents is 1. The number of nitro groups is 1.